The molecule has 0 saturated heterocycles. The largest absolute Gasteiger partial charge is 0.490 e. The molecule has 0 aliphatic carbocycles. The molecular formula is C19H20N2O4S2. The zero-order valence-corrected chi connectivity index (χ0v) is 16.7. The summed E-state index contributed by atoms with van der Waals surface area (Å²) in [7, 11) is -3.76. The second-order valence-electron chi connectivity index (χ2n) is 6.58. The molecular weight excluding hydrogens is 384 g/mol. The highest BCUT2D eigenvalue weighted by Gasteiger charge is 2.33. The van der Waals surface area contributed by atoms with Crippen LogP contribution in [0.5, 0.6) is 5.75 Å². The van der Waals surface area contributed by atoms with E-state index in [1.807, 2.05) is 31.2 Å². The van der Waals surface area contributed by atoms with Crippen molar-refractivity contribution in [3.63, 3.8) is 0 Å². The standard InChI is InChI=1S/C19H20N2O4S2/c1-13-12-21(16-5-3-4-6-19(16)26-13)27(23,24)15-7-8-18-17(11-15)20(14(2)22)9-10-25-18/h3-8,11,13H,9-10,12H2,1-2H3. The van der Waals surface area contributed by atoms with Crippen LogP contribution in [0, 0.1) is 0 Å². The van der Waals surface area contributed by atoms with Crippen LogP contribution in [0.2, 0.25) is 0 Å². The molecule has 2 heterocycles. The number of ether oxygens (including phenoxy) is 1. The van der Waals surface area contributed by atoms with Crippen molar-refractivity contribution in [3.8, 4) is 5.75 Å². The minimum absolute atomic E-state index is 0.137. The summed E-state index contributed by atoms with van der Waals surface area (Å²) < 4.78 is 33.9. The SMILES string of the molecule is CC(=O)N1CCOc2ccc(S(=O)(=O)N3CC(C)Sc4ccccc43)cc21. The number of hydrogen-bond acceptors (Lipinski definition) is 5. The number of nitrogens with zero attached hydrogens (tertiary/aromatic N) is 2. The van der Waals surface area contributed by atoms with Crippen molar-refractivity contribution in [2.24, 2.45) is 0 Å². The van der Waals surface area contributed by atoms with Gasteiger partial charge < -0.3 is 9.64 Å². The Kier molecular flexibility index (Phi) is 4.55. The summed E-state index contributed by atoms with van der Waals surface area (Å²) in [6.07, 6.45) is 0. The summed E-state index contributed by atoms with van der Waals surface area (Å²) in [6, 6.07) is 12.2. The minimum Gasteiger partial charge on any atom is -0.490 e. The number of carbonyl (C=O) groups is 1. The fourth-order valence-electron chi connectivity index (χ4n) is 3.39. The number of amides is 1. The molecule has 1 atom stereocenters. The van der Waals surface area contributed by atoms with E-state index in [9.17, 15) is 13.2 Å². The van der Waals surface area contributed by atoms with Gasteiger partial charge in [-0.1, -0.05) is 19.1 Å². The van der Waals surface area contributed by atoms with Crippen molar-refractivity contribution in [1.29, 1.82) is 0 Å². The van der Waals surface area contributed by atoms with Crippen molar-refractivity contribution < 1.29 is 17.9 Å². The molecule has 2 aliphatic rings. The van der Waals surface area contributed by atoms with Crippen LogP contribution in [0.15, 0.2) is 52.3 Å². The first-order chi connectivity index (χ1) is 12.9. The third-order valence-corrected chi connectivity index (χ3v) is 7.57. The second-order valence-corrected chi connectivity index (χ2v) is 9.92. The van der Waals surface area contributed by atoms with E-state index in [0.29, 0.717) is 36.8 Å². The Hall–Kier alpha value is -2.19. The maximum atomic E-state index is 13.4. The van der Waals surface area contributed by atoms with Crippen LogP contribution < -0.4 is 13.9 Å². The molecule has 0 bridgehead atoms. The van der Waals surface area contributed by atoms with Crippen molar-refractivity contribution in [1.82, 2.24) is 0 Å². The van der Waals surface area contributed by atoms with Crippen molar-refractivity contribution in [2.45, 2.75) is 28.9 Å². The van der Waals surface area contributed by atoms with Crippen molar-refractivity contribution in [2.75, 3.05) is 28.9 Å². The maximum Gasteiger partial charge on any atom is 0.264 e. The summed E-state index contributed by atoms with van der Waals surface area (Å²) in [5.41, 5.74) is 1.19. The molecule has 0 saturated carbocycles. The van der Waals surface area contributed by atoms with Gasteiger partial charge in [0.05, 0.1) is 22.8 Å². The number of anilines is 2. The average Bonchev–Trinajstić information content (AvgIpc) is 2.66. The lowest BCUT2D eigenvalue weighted by Gasteiger charge is -2.34. The average molecular weight is 405 g/mol. The van der Waals surface area contributed by atoms with Gasteiger partial charge >= 0.3 is 0 Å². The summed E-state index contributed by atoms with van der Waals surface area (Å²) in [5, 5.41) is 0.143. The summed E-state index contributed by atoms with van der Waals surface area (Å²) in [5.74, 6) is 0.390. The zero-order chi connectivity index (χ0) is 19.2. The van der Waals surface area contributed by atoms with E-state index in [2.05, 4.69) is 0 Å². The molecule has 0 aromatic heterocycles. The summed E-state index contributed by atoms with van der Waals surface area (Å²) in [6.45, 7) is 4.68. The van der Waals surface area contributed by atoms with Gasteiger partial charge in [0.15, 0.2) is 0 Å². The van der Waals surface area contributed by atoms with E-state index in [-0.39, 0.29) is 16.1 Å². The summed E-state index contributed by atoms with van der Waals surface area (Å²) >= 11 is 1.68. The van der Waals surface area contributed by atoms with Gasteiger partial charge in [-0.05, 0) is 30.3 Å². The van der Waals surface area contributed by atoms with Crippen LogP contribution >= 0.6 is 11.8 Å². The lowest BCUT2D eigenvalue weighted by Crippen LogP contribution is -2.39. The number of carbonyl (C=O) groups excluding carboxylic acids is 1. The normalized spacial score (nSPS) is 19.1. The Balaban J connectivity index is 1.80. The molecule has 1 amide bonds. The van der Waals surface area contributed by atoms with E-state index in [4.69, 9.17) is 4.74 Å². The van der Waals surface area contributed by atoms with Gasteiger partial charge in [0.2, 0.25) is 5.91 Å². The lowest BCUT2D eigenvalue weighted by atomic mass is 10.2. The highest BCUT2D eigenvalue weighted by atomic mass is 32.2. The van der Waals surface area contributed by atoms with Gasteiger partial charge in [0.25, 0.3) is 10.0 Å². The smallest absolute Gasteiger partial charge is 0.264 e. The predicted octanol–water partition coefficient (Wildman–Crippen LogP) is 3.12. The number of para-hydroxylation sites is 1. The first-order valence-electron chi connectivity index (χ1n) is 8.71. The first-order valence-corrected chi connectivity index (χ1v) is 11.0. The molecule has 0 spiro atoms. The molecule has 1 unspecified atom stereocenters. The Labute approximate surface area is 163 Å². The number of rotatable bonds is 2. The predicted molar refractivity (Wildman–Crippen MR) is 106 cm³/mol. The minimum atomic E-state index is -3.76. The topological polar surface area (TPSA) is 66.9 Å². The molecule has 2 aromatic carbocycles. The van der Waals surface area contributed by atoms with E-state index in [1.165, 1.54) is 11.2 Å². The zero-order valence-electron chi connectivity index (χ0n) is 15.1. The van der Waals surface area contributed by atoms with Crippen LogP contribution in [-0.2, 0) is 14.8 Å². The van der Waals surface area contributed by atoms with E-state index >= 15 is 0 Å². The van der Waals surface area contributed by atoms with Gasteiger partial charge in [0.1, 0.15) is 12.4 Å². The molecule has 142 valence electrons. The molecule has 0 radical (unpaired) electrons. The van der Waals surface area contributed by atoms with Gasteiger partial charge in [0, 0.05) is 23.6 Å². The van der Waals surface area contributed by atoms with Gasteiger partial charge in [-0.15, -0.1) is 11.8 Å². The second kappa shape index (κ2) is 6.76. The molecule has 6 nitrogen and oxygen atoms in total. The number of hydrogen-bond donors (Lipinski definition) is 0. The van der Waals surface area contributed by atoms with E-state index < -0.39 is 10.0 Å². The Morgan fingerprint density at radius 1 is 1.19 bits per heavy atom. The van der Waals surface area contributed by atoms with Crippen molar-refractivity contribution in [3.05, 3.63) is 42.5 Å². The molecule has 8 heteroatoms. The summed E-state index contributed by atoms with van der Waals surface area (Å²) in [4.78, 5) is 14.6. The van der Waals surface area contributed by atoms with Crippen LogP contribution in [0.4, 0.5) is 11.4 Å². The third-order valence-electron chi connectivity index (χ3n) is 4.65. The number of fused-ring (bicyclic) bond motifs is 2. The third kappa shape index (κ3) is 3.17. The Morgan fingerprint density at radius 2 is 1.96 bits per heavy atom. The lowest BCUT2D eigenvalue weighted by molar-refractivity contribution is -0.116. The number of benzene rings is 2. The molecule has 2 aromatic rings. The Morgan fingerprint density at radius 3 is 2.74 bits per heavy atom. The molecule has 4 rings (SSSR count). The van der Waals surface area contributed by atoms with E-state index in [0.717, 1.165) is 4.90 Å². The highest BCUT2D eigenvalue weighted by molar-refractivity contribution is 8.00. The van der Waals surface area contributed by atoms with Crippen LogP contribution in [-0.4, -0.2) is 39.3 Å². The van der Waals surface area contributed by atoms with Gasteiger partial charge in [-0.2, -0.15) is 0 Å². The van der Waals surface area contributed by atoms with Gasteiger partial charge in [-0.25, -0.2) is 8.42 Å². The van der Waals surface area contributed by atoms with Gasteiger partial charge in [-0.3, -0.25) is 9.10 Å². The number of sulfonamides is 1. The van der Waals surface area contributed by atoms with Crippen LogP contribution in [0.1, 0.15) is 13.8 Å². The quantitative estimate of drug-likeness (QED) is 0.769. The van der Waals surface area contributed by atoms with Crippen LogP contribution in [0.25, 0.3) is 0 Å². The molecule has 27 heavy (non-hydrogen) atoms. The van der Waals surface area contributed by atoms with E-state index in [1.54, 1.807) is 34.9 Å². The Bertz CT molecular complexity index is 1010. The fourth-order valence-corrected chi connectivity index (χ4v) is 6.25. The molecule has 2 aliphatic heterocycles. The molecule has 0 N–H and O–H groups in total. The first kappa shape index (κ1) is 18.2. The van der Waals surface area contributed by atoms with Crippen LogP contribution in [0.3, 0.4) is 0 Å². The highest BCUT2D eigenvalue weighted by Crippen LogP contribution is 2.42. The molecule has 0 fully saturated rings. The fraction of sp³-hybridized carbons (Fsp3) is 0.316. The monoisotopic (exact) mass is 404 g/mol. The van der Waals surface area contributed by atoms with Crippen molar-refractivity contribution >= 4 is 39.1 Å². The maximum absolute atomic E-state index is 13.4. The number of thioether (sulfide) groups is 1.